The maximum Gasteiger partial charge on any atom is 0.351 e. The standard InChI is InChI=1S/C16H15ClFN3O5/c1-7-11(22)12(23)15(26-7)21-6-10(18)13(20-16(21)25)19-14(24)8-2-4-9(17)5-3-8/h2-7,11-12,15,22-23H,1H3,(H,19,20,24,25)/t7-,11-,12-,15-/m1/s1. The molecule has 0 unspecified atom stereocenters. The normalized spacial score (nSPS) is 25.3. The van der Waals surface area contributed by atoms with Crippen LogP contribution in [-0.4, -0.2) is 44.0 Å². The Bertz CT molecular complexity index is 888. The molecule has 0 saturated carbocycles. The van der Waals surface area contributed by atoms with E-state index < -0.39 is 47.8 Å². The van der Waals surface area contributed by atoms with Crippen molar-refractivity contribution in [1.82, 2.24) is 9.55 Å². The molecule has 1 aromatic heterocycles. The highest BCUT2D eigenvalue weighted by Gasteiger charge is 2.42. The van der Waals surface area contributed by atoms with Gasteiger partial charge in [-0.2, -0.15) is 4.98 Å². The number of benzene rings is 1. The molecule has 138 valence electrons. The molecule has 0 aliphatic carbocycles. The predicted octanol–water partition coefficient (Wildman–Crippen LogP) is 0.927. The van der Waals surface area contributed by atoms with Gasteiger partial charge in [0.1, 0.15) is 12.2 Å². The fourth-order valence-corrected chi connectivity index (χ4v) is 2.68. The highest BCUT2D eigenvalue weighted by Crippen LogP contribution is 2.28. The van der Waals surface area contributed by atoms with Gasteiger partial charge < -0.3 is 20.3 Å². The number of anilines is 1. The summed E-state index contributed by atoms with van der Waals surface area (Å²) in [7, 11) is 0. The summed E-state index contributed by atoms with van der Waals surface area (Å²) in [5.74, 6) is -2.24. The summed E-state index contributed by atoms with van der Waals surface area (Å²) in [6, 6.07) is 5.84. The first-order valence-corrected chi connectivity index (χ1v) is 8.03. The fraction of sp³-hybridized carbons (Fsp3) is 0.312. The molecular formula is C16H15ClFN3O5. The van der Waals surface area contributed by atoms with Gasteiger partial charge in [-0.3, -0.25) is 9.36 Å². The van der Waals surface area contributed by atoms with E-state index in [1.54, 1.807) is 0 Å². The highest BCUT2D eigenvalue weighted by molar-refractivity contribution is 6.30. The number of aliphatic hydroxyl groups excluding tert-OH is 2. The summed E-state index contributed by atoms with van der Waals surface area (Å²) in [5.41, 5.74) is -0.755. The van der Waals surface area contributed by atoms with Gasteiger partial charge in [0.05, 0.1) is 12.3 Å². The molecule has 1 aliphatic heterocycles. The van der Waals surface area contributed by atoms with Crippen LogP contribution in [0.25, 0.3) is 0 Å². The number of aliphatic hydroxyl groups is 2. The molecule has 2 heterocycles. The second kappa shape index (κ2) is 7.12. The van der Waals surface area contributed by atoms with Crippen LogP contribution in [0.4, 0.5) is 10.2 Å². The maximum atomic E-state index is 14.3. The van der Waals surface area contributed by atoms with Crippen molar-refractivity contribution in [1.29, 1.82) is 0 Å². The molecule has 0 spiro atoms. The van der Waals surface area contributed by atoms with E-state index in [2.05, 4.69) is 10.3 Å². The lowest BCUT2D eigenvalue weighted by atomic mass is 10.1. The van der Waals surface area contributed by atoms with Gasteiger partial charge in [-0.1, -0.05) is 11.6 Å². The van der Waals surface area contributed by atoms with Crippen LogP contribution >= 0.6 is 11.6 Å². The van der Waals surface area contributed by atoms with Gasteiger partial charge in [-0.05, 0) is 31.2 Å². The lowest BCUT2D eigenvalue weighted by Crippen LogP contribution is -2.36. The van der Waals surface area contributed by atoms with Crippen molar-refractivity contribution in [2.75, 3.05) is 5.32 Å². The molecule has 1 aliphatic rings. The van der Waals surface area contributed by atoms with Crippen molar-refractivity contribution in [2.45, 2.75) is 31.5 Å². The third-order valence-corrected chi connectivity index (χ3v) is 4.25. The van der Waals surface area contributed by atoms with Crippen LogP contribution in [0.5, 0.6) is 0 Å². The van der Waals surface area contributed by atoms with Gasteiger partial charge in [0, 0.05) is 10.6 Å². The van der Waals surface area contributed by atoms with E-state index >= 15 is 0 Å². The fourth-order valence-electron chi connectivity index (χ4n) is 2.55. The zero-order valence-corrected chi connectivity index (χ0v) is 14.2. The van der Waals surface area contributed by atoms with Crippen LogP contribution < -0.4 is 11.0 Å². The molecule has 8 nitrogen and oxygen atoms in total. The largest absolute Gasteiger partial charge is 0.388 e. The monoisotopic (exact) mass is 383 g/mol. The minimum atomic E-state index is -1.42. The maximum absolute atomic E-state index is 14.3. The summed E-state index contributed by atoms with van der Waals surface area (Å²) in [6.45, 7) is 1.50. The van der Waals surface area contributed by atoms with E-state index in [1.807, 2.05) is 0 Å². The second-order valence-corrected chi connectivity index (χ2v) is 6.24. The Morgan fingerprint density at radius 3 is 2.54 bits per heavy atom. The zero-order valence-electron chi connectivity index (χ0n) is 13.5. The van der Waals surface area contributed by atoms with Gasteiger partial charge >= 0.3 is 5.69 Å². The molecule has 1 aromatic carbocycles. The van der Waals surface area contributed by atoms with Gasteiger partial charge in [0.2, 0.25) is 0 Å². The second-order valence-electron chi connectivity index (χ2n) is 5.80. The van der Waals surface area contributed by atoms with E-state index in [1.165, 1.54) is 31.2 Å². The Hall–Kier alpha value is -2.33. The minimum Gasteiger partial charge on any atom is -0.388 e. The number of halogens is 2. The van der Waals surface area contributed by atoms with E-state index in [0.29, 0.717) is 5.02 Å². The first kappa shape index (κ1) is 18.5. The quantitative estimate of drug-likeness (QED) is 0.726. The van der Waals surface area contributed by atoms with Crippen molar-refractivity contribution in [3.8, 4) is 0 Å². The SMILES string of the molecule is C[C@H]1O[C@@H](n2cc(F)c(NC(=O)c3ccc(Cl)cc3)nc2=O)[C@H](O)[C@@H]1O. The van der Waals surface area contributed by atoms with Crippen molar-refractivity contribution in [3.63, 3.8) is 0 Å². The van der Waals surface area contributed by atoms with Crippen LogP contribution in [0.15, 0.2) is 35.3 Å². The molecule has 4 atom stereocenters. The lowest BCUT2D eigenvalue weighted by Gasteiger charge is -2.17. The smallest absolute Gasteiger partial charge is 0.351 e. The molecule has 2 aromatic rings. The molecule has 1 amide bonds. The summed E-state index contributed by atoms with van der Waals surface area (Å²) in [4.78, 5) is 27.7. The Balaban J connectivity index is 1.85. The number of nitrogens with zero attached hydrogens (tertiary/aromatic N) is 2. The molecule has 3 rings (SSSR count). The number of rotatable bonds is 3. The van der Waals surface area contributed by atoms with Crippen molar-refractivity contribution >= 4 is 23.3 Å². The molecule has 1 fully saturated rings. The van der Waals surface area contributed by atoms with Crippen molar-refractivity contribution in [2.24, 2.45) is 0 Å². The number of hydrogen-bond acceptors (Lipinski definition) is 6. The summed E-state index contributed by atoms with van der Waals surface area (Å²) in [6.07, 6.45) is -3.91. The van der Waals surface area contributed by atoms with Crippen molar-refractivity contribution < 1.29 is 24.1 Å². The molecule has 0 radical (unpaired) electrons. The topological polar surface area (TPSA) is 114 Å². The Morgan fingerprint density at radius 1 is 1.31 bits per heavy atom. The predicted molar refractivity (Wildman–Crippen MR) is 89.5 cm³/mol. The molecule has 26 heavy (non-hydrogen) atoms. The third kappa shape index (κ3) is 3.47. The van der Waals surface area contributed by atoms with Crippen LogP contribution in [0.3, 0.4) is 0 Å². The highest BCUT2D eigenvalue weighted by atomic mass is 35.5. The first-order chi connectivity index (χ1) is 12.3. The number of carbonyl (C=O) groups is 1. The van der Waals surface area contributed by atoms with Crippen LogP contribution in [0, 0.1) is 5.82 Å². The molecule has 0 bridgehead atoms. The number of nitrogens with one attached hydrogen (secondary N) is 1. The van der Waals surface area contributed by atoms with Crippen molar-refractivity contribution in [3.05, 3.63) is 57.3 Å². The van der Waals surface area contributed by atoms with Gasteiger partial charge in [0.15, 0.2) is 17.9 Å². The minimum absolute atomic E-state index is 0.200. The van der Waals surface area contributed by atoms with Gasteiger partial charge in [-0.25, -0.2) is 9.18 Å². The lowest BCUT2D eigenvalue weighted by molar-refractivity contribution is -0.0355. The number of ether oxygens (including phenoxy) is 1. The summed E-state index contributed by atoms with van der Waals surface area (Å²) in [5, 5.41) is 22.3. The number of carbonyl (C=O) groups excluding carboxylic acids is 1. The van der Waals surface area contributed by atoms with Gasteiger partial charge in [0.25, 0.3) is 5.91 Å². The summed E-state index contributed by atoms with van der Waals surface area (Å²) < 4.78 is 20.3. The Kier molecular flexibility index (Phi) is 5.05. The number of amides is 1. The Morgan fingerprint density at radius 2 is 1.96 bits per heavy atom. The molecule has 1 saturated heterocycles. The molecule has 3 N–H and O–H groups in total. The number of aromatic nitrogens is 2. The third-order valence-electron chi connectivity index (χ3n) is 4.00. The van der Waals surface area contributed by atoms with E-state index in [-0.39, 0.29) is 5.56 Å². The van der Waals surface area contributed by atoms with Crippen LogP contribution in [0.1, 0.15) is 23.5 Å². The zero-order chi connectivity index (χ0) is 19.0. The average molecular weight is 384 g/mol. The average Bonchev–Trinajstić information content (AvgIpc) is 2.85. The molecular weight excluding hydrogens is 369 g/mol. The van der Waals surface area contributed by atoms with E-state index in [9.17, 15) is 24.2 Å². The van der Waals surface area contributed by atoms with Gasteiger partial charge in [-0.15, -0.1) is 0 Å². The van der Waals surface area contributed by atoms with Crippen LogP contribution in [0.2, 0.25) is 5.02 Å². The van der Waals surface area contributed by atoms with Crippen LogP contribution in [-0.2, 0) is 4.74 Å². The van der Waals surface area contributed by atoms with E-state index in [0.717, 1.165) is 10.8 Å². The summed E-state index contributed by atoms with van der Waals surface area (Å²) >= 11 is 5.74. The Labute approximate surface area is 151 Å². The number of hydrogen-bond donors (Lipinski definition) is 3. The first-order valence-electron chi connectivity index (χ1n) is 7.65. The molecule has 10 heteroatoms. The van der Waals surface area contributed by atoms with E-state index in [4.69, 9.17) is 16.3 Å².